The zero-order chi connectivity index (χ0) is 39.7. The Kier molecular flexibility index (Phi) is 9.47. The van der Waals surface area contributed by atoms with Crippen LogP contribution in [-0.4, -0.2) is 101 Å². The van der Waals surface area contributed by atoms with E-state index in [1.54, 1.807) is 17.0 Å². The highest BCUT2D eigenvalue weighted by molar-refractivity contribution is 6.04. The first-order valence-corrected chi connectivity index (χ1v) is 19.0. The molecule has 0 spiro atoms. The average molecular weight is 776 g/mol. The summed E-state index contributed by atoms with van der Waals surface area (Å²) in [5.41, 5.74) is -2.49. The number of alkyl halides is 1. The fraction of sp³-hybridized carbons (Fsp3) is 0.500. The molecule has 4 fully saturated rings. The average Bonchev–Trinajstić information content (AvgIpc) is 3.74. The molecule has 0 aliphatic carbocycles. The summed E-state index contributed by atoms with van der Waals surface area (Å²) in [6, 6.07) is 6.53. The maximum absolute atomic E-state index is 17.4. The minimum atomic E-state index is -1.04. The van der Waals surface area contributed by atoms with Crippen molar-refractivity contribution in [3.05, 3.63) is 53.3 Å². The number of piperazine rings is 1. The summed E-state index contributed by atoms with van der Waals surface area (Å²) in [5.74, 6) is -0.321. The van der Waals surface area contributed by atoms with E-state index in [1.165, 1.54) is 25.3 Å². The van der Waals surface area contributed by atoms with E-state index in [-0.39, 0.29) is 76.4 Å². The number of carbonyl (C=O) groups is 1. The van der Waals surface area contributed by atoms with Crippen LogP contribution in [0.3, 0.4) is 0 Å². The van der Waals surface area contributed by atoms with Crippen LogP contribution in [0.2, 0.25) is 0 Å². The van der Waals surface area contributed by atoms with Gasteiger partial charge < -0.3 is 23.8 Å². The Hall–Kier alpha value is -4.87. The first-order valence-electron chi connectivity index (χ1n) is 19.0. The molecule has 1 amide bonds. The van der Waals surface area contributed by atoms with Gasteiger partial charge in [0, 0.05) is 60.5 Å². The van der Waals surface area contributed by atoms with Gasteiger partial charge in [0.15, 0.2) is 24.2 Å². The van der Waals surface area contributed by atoms with E-state index in [0.29, 0.717) is 32.4 Å². The summed E-state index contributed by atoms with van der Waals surface area (Å²) < 4.78 is 87.3. The predicted octanol–water partition coefficient (Wildman–Crippen LogP) is 7.76. The monoisotopic (exact) mass is 775 g/mol. The number of halogens is 4. The van der Waals surface area contributed by atoms with Crippen LogP contribution in [0.15, 0.2) is 30.3 Å². The van der Waals surface area contributed by atoms with Gasteiger partial charge in [0.1, 0.15) is 35.5 Å². The van der Waals surface area contributed by atoms with Gasteiger partial charge in [-0.15, -0.1) is 6.42 Å². The van der Waals surface area contributed by atoms with Crippen molar-refractivity contribution in [1.82, 2.24) is 19.8 Å². The number of aromatic nitrogens is 2. The minimum absolute atomic E-state index is 0.00466. The summed E-state index contributed by atoms with van der Waals surface area (Å²) in [5, 5.41) is 0.199. The van der Waals surface area contributed by atoms with Crippen LogP contribution in [0.4, 0.5) is 28.2 Å². The fourth-order valence-electron chi connectivity index (χ4n) is 9.40. The Labute approximate surface area is 323 Å². The van der Waals surface area contributed by atoms with Crippen molar-refractivity contribution < 1.29 is 41.3 Å². The van der Waals surface area contributed by atoms with Crippen LogP contribution in [0.5, 0.6) is 11.8 Å². The number of hydrogen-bond donors (Lipinski definition) is 0. The fourth-order valence-corrected chi connectivity index (χ4v) is 9.40. The van der Waals surface area contributed by atoms with Crippen molar-refractivity contribution in [3.8, 4) is 35.2 Å². The summed E-state index contributed by atoms with van der Waals surface area (Å²) in [4.78, 5) is 28.6. The molecule has 4 aromatic rings. The van der Waals surface area contributed by atoms with Crippen molar-refractivity contribution in [2.24, 2.45) is 0 Å². The lowest BCUT2D eigenvalue weighted by Gasteiger charge is -2.47. The predicted molar refractivity (Wildman–Crippen MR) is 203 cm³/mol. The van der Waals surface area contributed by atoms with Crippen molar-refractivity contribution in [3.63, 3.8) is 0 Å². The van der Waals surface area contributed by atoms with Gasteiger partial charge in [0.05, 0.1) is 22.7 Å². The van der Waals surface area contributed by atoms with Crippen LogP contribution in [0.25, 0.3) is 32.8 Å². The first kappa shape index (κ1) is 38.0. The zero-order valence-corrected chi connectivity index (χ0v) is 32.2. The molecular formula is C42H45F4N5O5. The van der Waals surface area contributed by atoms with E-state index in [2.05, 4.69) is 15.8 Å². The molecule has 0 unspecified atom stereocenters. The molecule has 2 bridgehead atoms. The van der Waals surface area contributed by atoms with Crippen LogP contribution < -0.4 is 14.4 Å². The van der Waals surface area contributed by atoms with Gasteiger partial charge in [-0.25, -0.2) is 22.4 Å². The molecule has 4 aliphatic rings. The third-order valence-electron chi connectivity index (χ3n) is 11.7. The molecule has 4 saturated heterocycles. The molecule has 4 atom stereocenters. The highest BCUT2D eigenvalue weighted by Gasteiger charge is 2.53. The van der Waals surface area contributed by atoms with E-state index < -0.39 is 52.0 Å². The number of methoxy groups -OCH3 is 1. The van der Waals surface area contributed by atoms with E-state index in [4.69, 9.17) is 30.4 Å². The molecule has 10 nitrogen and oxygen atoms in total. The summed E-state index contributed by atoms with van der Waals surface area (Å²) in [7, 11) is 1.37. The second kappa shape index (κ2) is 14.0. The second-order valence-corrected chi connectivity index (χ2v) is 16.7. The molecule has 5 heterocycles. The van der Waals surface area contributed by atoms with Gasteiger partial charge in [-0.05, 0) is 78.1 Å². The molecule has 56 heavy (non-hydrogen) atoms. The molecular weight excluding hydrogens is 730 g/mol. The van der Waals surface area contributed by atoms with E-state index in [1.807, 2.05) is 32.6 Å². The molecule has 0 radical (unpaired) electrons. The van der Waals surface area contributed by atoms with Gasteiger partial charge in [-0.2, -0.15) is 9.97 Å². The molecule has 296 valence electrons. The highest BCUT2D eigenvalue weighted by Crippen LogP contribution is 2.46. The zero-order valence-electron chi connectivity index (χ0n) is 32.2. The number of hydrogen-bond acceptors (Lipinski definition) is 9. The van der Waals surface area contributed by atoms with Gasteiger partial charge >= 0.3 is 12.1 Å². The first-order chi connectivity index (χ1) is 26.6. The maximum atomic E-state index is 17.4. The number of ether oxygens (including phenoxy) is 4. The Morgan fingerprint density at radius 1 is 1.07 bits per heavy atom. The Morgan fingerprint density at radius 3 is 2.61 bits per heavy atom. The van der Waals surface area contributed by atoms with Crippen molar-refractivity contribution in [2.75, 3.05) is 51.6 Å². The number of terminal acetylenes is 1. The molecule has 8 rings (SSSR count). The Morgan fingerprint density at radius 2 is 1.88 bits per heavy atom. The lowest BCUT2D eigenvalue weighted by Crippen LogP contribution is -2.63. The third-order valence-corrected chi connectivity index (χ3v) is 11.7. The lowest BCUT2D eigenvalue weighted by atomic mass is 9.92. The van der Waals surface area contributed by atoms with E-state index in [9.17, 15) is 9.18 Å². The second-order valence-electron chi connectivity index (χ2n) is 16.7. The number of amides is 1. The number of carbonyl (C=O) groups excluding carboxylic acids is 1. The van der Waals surface area contributed by atoms with Crippen LogP contribution in [-0.2, 0) is 9.47 Å². The Balaban J connectivity index is 1.28. The Bertz CT molecular complexity index is 2280. The molecule has 0 N–H and O–H groups in total. The van der Waals surface area contributed by atoms with Crippen LogP contribution in [0.1, 0.15) is 65.4 Å². The van der Waals surface area contributed by atoms with Crippen LogP contribution in [0, 0.1) is 29.8 Å². The maximum Gasteiger partial charge on any atom is 0.411 e. The lowest BCUT2D eigenvalue weighted by molar-refractivity contribution is -0.00281. The SMILES string of the molecule is C#Cc1cccc2c(F)c(OCOC)cc(-c3c(F)cc4c(N5C[C@H]6CC[C@@](C)(C5)N6C(=O)OC(C)(C)C)nc(OC[C@@]56CCCN5C[C@H](F)C6)nc4c3F)c12. The normalized spacial score (nSPS) is 24.9. The number of nitrogens with zero attached hydrogens (tertiary/aromatic N) is 5. The molecule has 0 saturated carbocycles. The van der Waals surface area contributed by atoms with Gasteiger partial charge in [-0.3, -0.25) is 9.80 Å². The summed E-state index contributed by atoms with van der Waals surface area (Å²) >= 11 is 0. The minimum Gasteiger partial charge on any atom is -0.464 e. The topological polar surface area (TPSA) is 89.5 Å². The summed E-state index contributed by atoms with van der Waals surface area (Å²) in [6.45, 7) is 8.83. The van der Waals surface area contributed by atoms with E-state index >= 15 is 13.2 Å². The van der Waals surface area contributed by atoms with Crippen molar-refractivity contribution in [1.29, 1.82) is 0 Å². The van der Waals surface area contributed by atoms with E-state index in [0.717, 1.165) is 19.4 Å². The number of anilines is 1. The smallest absolute Gasteiger partial charge is 0.411 e. The largest absolute Gasteiger partial charge is 0.464 e. The molecule has 1 aromatic heterocycles. The summed E-state index contributed by atoms with van der Waals surface area (Å²) in [6.07, 6.45) is 7.70. The van der Waals surface area contributed by atoms with Crippen molar-refractivity contribution in [2.45, 2.75) is 88.7 Å². The standard InChI is InChI=1S/C42H45F4N5O5/c1-7-24-10-8-11-27-32(24)28(17-31(34(27)45)55-23-53-6)33-30(44)16-29-36(35(33)46)47-38(54-22-42-13-9-15-50(42)19-25(43)18-42)48-37(29)49-20-26-12-14-41(5,21-49)51(26)39(52)56-40(2,3)4/h1,8,10-11,16-17,25-26H,9,12-15,18-23H2,2-6H3/t25-,26-,41+,42+/m1/s1. The number of fused-ring (bicyclic) bond motifs is 5. The van der Waals surface area contributed by atoms with Gasteiger partial charge in [0.25, 0.3) is 0 Å². The molecule has 4 aliphatic heterocycles. The van der Waals surface area contributed by atoms with Gasteiger partial charge in [0.2, 0.25) is 0 Å². The quantitative estimate of drug-likeness (QED) is 0.101. The highest BCUT2D eigenvalue weighted by atomic mass is 19.1. The van der Waals surface area contributed by atoms with Crippen molar-refractivity contribution >= 4 is 33.6 Å². The molecule has 14 heteroatoms. The van der Waals surface area contributed by atoms with Crippen LogP contribution >= 0.6 is 0 Å². The van der Waals surface area contributed by atoms with Gasteiger partial charge in [-0.1, -0.05) is 18.1 Å². The molecule has 3 aromatic carbocycles. The third kappa shape index (κ3) is 6.42. The number of benzene rings is 3. The number of rotatable bonds is 8.